The monoisotopic (exact) mass is 290 g/mol. The molecule has 2 aliphatic rings. The highest BCUT2D eigenvalue weighted by Gasteiger charge is 2.48. The second-order valence-corrected chi connectivity index (χ2v) is 5.14. The summed E-state index contributed by atoms with van der Waals surface area (Å²) in [4.78, 5) is 0. The van der Waals surface area contributed by atoms with Crippen molar-refractivity contribution in [3.8, 4) is 12.3 Å². The summed E-state index contributed by atoms with van der Waals surface area (Å²) in [6, 6.07) is 9.57. The molecular weight excluding hydrogens is 272 g/mol. The summed E-state index contributed by atoms with van der Waals surface area (Å²) in [5.74, 6) is 1.96. The number of hydrogen-bond acceptors (Lipinski definition) is 5. The lowest BCUT2D eigenvalue weighted by Gasteiger charge is -2.46. The zero-order chi connectivity index (χ0) is 14.8. The zero-order valence-electron chi connectivity index (χ0n) is 11.7. The van der Waals surface area contributed by atoms with Crippen LogP contribution in [-0.4, -0.2) is 43.4 Å². The van der Waals surface area contributed by atoms with Gasteiger partial charge in [0.15, 0.2) is 12.6 Å². The molecule has 5 nitrogen and oxygen atoms in total. The first kappa shape index (κ1) is 14.5. The van der Waals surface area contributed by atoms with Crippen molar-refractivity contribution in [1.82, 2.24) is 0 Å². The van der Waals surface area contributed by atoms with E-state index in [1.807, 2.05) is 30.3 Å². The standard InChI is InChI=1S/C16H18O5/c1-3-11-13(17)14-12(20-16(11)18-2)9-19-15(21-14)10-7-5-4-6-8-10/h1,4-8,11-17H,9H2,2H3/t11-,12+,13+,14+,15?,16-/m0/s1. The lowest BCUT2D eigenvalue weighted by molar-refractivity contribution is -0.344. The third-order valence-electron chi connectivity index (χ3n) is 3.86. The summed E-state index contributed by atoms with van der Waals surface area (Å²) in [5.41, 5.74) is 0.897. The van der Waals surface area contributed by atoms with Gasteiger partial charge in [-0.25, -0.2) is 0 Å². The molecule has 0 saturated carbocycles. The molecule has 1 unspecified atom stereocenters. The highest BCUT2D eigenvalue weighted by molar-refractivity contribution is 5.17. The molecule has 1 aromatic carbocycles. The molecule has 5 heteroatoms. The molecule has 1 aromatic rings. The summed E-state index contributed by atoms with van der Waals surface area (Å²) in [6.45, 7) is 0.318. The van der Waals surface area contributed by atoms with Gasteiger partial charge in [0.2, 0.25) is 0 Å². The van der Waals surface area contributed by atoms with E-state index in [1.54, 1.807) is 0 Å². The SMILES string of the molecule is C#C[C@@H]1[C@@H](OC)O[C@@H]2COC(c3ccccc3)O[C@H]2[C@@H]1O. The Bertz CT molecular complexity index is 511. The van der Waals surface area contributed by atoms with E-state index in [0.717, 1.165) is 5.56 Å². The van der Waals surface area contributed by atoms with Crippen LogP contribution < -0.4 is 0 Å². The van der Waals surface area contributed by atoms with Crippen molar-refractivity contribution in [2.45, 2.75) is 30.9 Å². The van der Waals surface area contributed by atoms with Crippen LogP contribution in [0.25, 0.3) is 0 Å². The highest BCUT2D eigenvalue weighted by atomic mass is 16.7. The first-order valence-electron chi connectivity index (χ1n) is 6.89. The van der Waals surface area contributed by atoms with Gasteiger partial charge in [-0.15, -0.1) is 6.42 Å². The molecule has 2 aliphatic heterocycles. The van der Waals surface area contributed by atoms with E-state index >= 15 is 0 Å². The van der Waals surface area contributed by atoms with Crippen molar-refractivity contribution in [1.29, 1.82) is 0 Å². The van der Waals surface area contributed by atoms with Crippen molar-refractivity contribution in [3.63, 3.8) is 0 Å². The Labute approximate surface area is 123 Å². The molecule has 0 bridgehead atoms. The van der Waals surface area contributed by atoms with Crippen LogP contribution in [0.3, 0.4) is 0 Å². The Balaban J connectivity index is 1.77. The Morgan fingerprint density at radius 3 is 2.71 bits per heavy atom. The van der Waals surface area contributed by atoms with Crippen molar-refractivity contribution in [2.75, 3.05) is 13.7 Å². The molecule has 0 radical (unpaired) electrons. The van der Waals surface area contributed by atoms with Gasteiger partial charge in [-0.1, -0.05) is 36.3 Å². The number of rotatable bonds is 2. The molecule has 2 saturated heterocycles. The van der Waals surface area contributed by atoms with Gasteiger partial charge in [-0.2, -0.15) is 0 Å². The Kier molecular flexibility index (Phi) is 4.24. The van der Waals surface area contributed by atoms with E-state index in [1.165, 1.54) is 7.11 Å². The molecule has 0 amide bonds. The van der Waals surface area contributed by atoms with Crippen LogP contribution in [0.1, 0.15) is 11.9 Å². The largest absolute Gasteiger partial charge is 0.389 e. The summed E-state index contributed by atoms with van der Waals surface area (Å²) in [6.07, 6.45) is 2.52. The van der Waals surface area contributed by atoms with Gasteiger partial charge in [0, 0.05) is 12.7 Å². The number of aliphatic hydroxyl groups is 1. The molecule has 0 aliphatic carbocycles. The minimum atomic E-state index is -0.853. The summed E-state index contributed by atoms with van der Waals surface area (Å²) >= 11 is 0. The maximum atomic E-state index is 10.4. The summed E-state index contributed by atoms with van der Waals surface area (Å²) < 4.78 is 22.5. The molecule has 112 valence electrons. The van der Waals surface area contributed by atoms with Gasteiger partial charge in [0.1, 0.15) is 18.3 Å². The molecule has 21 heavy (non-hydrogen) atoms. The second-order valence-electron chi connectivity index (χ2n) is 5.14. The Morgan fingerprint density at radius 1 is 1.29 bits per heavy atom. The van der Waals surface area contributed by atoms with E-state index in [-0.39, 0.29) is 0 Å². The number of ether oxygens (including phenoxy) is 4. The van der Waals surface area contributed by atoms with Crippen molar-refractivity contribution in [3.05, 3.63) is 35.9 Å². The third-order valence-corrected chi connectivity index (χ3v) is 3.86. The van der Waals surface area contributed by atoms with Gasteiger partial charge < -0.3 is 24.1 Å². The number of aliphatic hydroxyl groups excluding tert-OH is 1. The lowest BCUT2D eigenvalue weighted by Crippen LogP contribution is -2.59. The maximum absolute atomic E-state index is 10.4. The molecule has 2 heterocycles. The van der Waals surface area contributed by atoms with Crippen LogP contribution in [-0.2, 0) is 18.9 Å². The Morgan fingerprint density at radius 2 is 2.05 bits per heavy atom. The number of benzene rings is 1. The maximum Gasteiger partial charge on any atom is 0.184 e. The Hall–Kier alpha value is -1.42. The molecule has 0 spiro atoms. The van der Waals surface area contributed by atoms with Crippen molar-refractivity contribution in [2.24, 2.45) is 5.92 Å². The van der Waals surface area contributed by atoms with Crippen LogP contribution >= 0.6 is 0 Å². The average molecular weight is 290 g/mol. The average Bonchev–Trinajstić information content (AvgIpc) is 2.55. The first-order valence-corrected chi connectivity index (χ1v) is 6.89. The smallest absolute Gasteiger partial charge is 0.184 e. The van der Waals surface area contributed by atoms with Crippen LogP contribution in [0, 0.1) is 18.3 Å². The molecule has 2 fully saturated rings. The minimum Gasteiger partial charge on any atom is -0.389 e. The van der Waals surface area contributed by atoms with E-state index in [0.29, 0.717) is 6.61 Å². The zero-order valence-corrected chi connectivity index (χ0v) is 11.7. The first-order chi connectivity index (χ1) is 10.2. The molecule has 0 aromatic heterocycles. The van der Waals surface area contributed by atoms with Crippen LogP contribution in [0.5, 0.6) is 0 Å². The lowest BCUT2D eigenvalue weighted by atomic mass is 9.91. The predicted molar refractivity (Wildman–Crippen MR) is 74.0 cm³/mol. The summed E-state index contributed by atoms with van der Waals surface area (Å²) in [5, 5.41) is 10.4. The fraction of sp³-hybridized carbons (Fsp3) is 0.500. The normalized spacial score (nSPS) is 39.3. The van der Waals surface area contributed by atoms with Gasteiger partial charge in [0.25, 0.3) is 0 Å². The van der Waals surface area contributed by atoms with E-state index in [2.05, 4.69) is 5.92 Å². The quantitative estimate of drug-likeness (QED) is 0.826. The number of fused-ring (bicyclic) bond motifs is 1. The van der Waals surface area contributed by atoms with Crippen molar-refractivity contribution < 1.29 is 24.1 Å². The summed E-state index contributed by atoms with van der Waals surface area (Å²) in [7, 11) is 1.50. The minimum absolute atomic E-state index is 0.318. The van der Waals surface area contributed by atoms with Crippen molar-refractivity contribution >= 4 is 0 Å². The molecular formula is C16H18O5. The molecule has 1 N–H and O–H groups in total. The highest BCUT2D eigenvalue weighted by Crippen LogP contribution is 2.36. The number of methoxy groups -OCH3 is 1. The topological polar surface area (TPSA) is 57.2 Å². The van der Waals surface area contributed by atoms with Crippen LogP contribution in [0.4, 0.5) is 0 Å². The van der Waals surface area contributed by atoms with Gasteiger partial charge in [-0.3, -0.25) is 0 Å². The fourth-order valence-corrected chi connectivity index (χ4v) is 2.75. The fourth-order valence-electron chi connectivity index (χ4n) is 2.75. The number of hydrogen-bond donors (Lipinski definition) is 1. The van der Waals surface area contributed by atoms with E-state index in [9.17, 15) is 5.11 Å². The van der Waals surface area contributed by atoms with E-state index < -0.39 is 36.8 Å². The predicted octanol–water partition coefficient (Wildman–Crippen LogP) is 1.08. The van der Waals surface area contributed by atoms with Crippen LogP contribution in [0.2, 0.25) is 0 Å². The molecule has 3 rings (SSSR count). The molecule has 6 atom stereocenters. The van der Waals surface area contributed by atoms with Gasteiger partial charge in [0.05, 0.1) is 12.5 Å². The van der Waals surface area contributed by atoms with E-state index in [4.69, 9.17) is 25.4 Å². The van der Waals surface area contributed by atoms with Crippen LogP contribution in [0.15, 0.2) is 30.3 Å². The number of terminal acetylenes is 1. The second kappa shape index (κ2) is 6.14. The van der Waals surface area contributed by atoms with Gasteiger partial charge >= 0.3 is 0 Å². The van der Waals surface area contributed by atoms with Gasteiger partial charge in [-0.05, 0) is 0 Å². The third kappa shape index (κ3) is 2.69.